The molecule has 0 unspecified atom stereocenters. The molecule has 0 N–H and O–H groups in total. The molecule has 0 bridgehead atoms. The number of benzene rings is 1. The molecule has 0 spiro atoms. The third kappa shape index (κ3) is 3.81. The largest absolute Gasteiger partial charge is 0.353 e. The van der Waals surface area contributed by atoms with E-state index in [0.717, 1.165) is 17.4 Å². The van der Waals surface area contributed by atoms with Gasteiger partial charge in [0.25, 0.3) is 0 Å². The summed E-state index contributed by atoms with van der Waals surface area (Å²) in [7, 11) is 0. The van der Waals surface area contributed by atoms with Crippen molar-refractivity contribution >= 4 is 26.8 Å². The smallest absolute Gasteiger partial charge is 0.159 e. The number of rotatable bonds is 7. The molecule has 1 aromatic heterocycles. The molecule has 4 heteroatoms. The second-order valence-electron chi connectivity index (χ2n) is 4.34. The van der Waals surface area contributed by atoms with Crippen LogP contribution in [0.2, 0.25) is 0 Å². The molecule has 0 amide bonds. The molecule has 0 aliphatic heterocycles. The minimum absolute atomic E-state index is 0.108. The lowest BCUT2D eigenvalue weighted by molar-refractivity contribution is -0.140. The summed E-state index contributed by atoms with van der Waals surface area (Å²) >= 11 is 3.50. The van der Waals surface area contributed by atoms with Gasteiger partial charge in [-0.15, -0.1) is 0 Å². The second kappa shape index (κ2) is 7.08. The number of aromatic nitrogens is 1. The van der Waals surface area contributed by atoms with Crippen LogP contribution in [0, 0.1) is 0 Å². The van der Waals surface area contributed by atoms with Crippen LogP contribution in [0.25, 0.3) is 10.9 Å². The second-order valence-corrected chi connectivity index (χ2v) is 5.26. The fourth-order valence-corrected chi connectivity index (χ4v) is 2.58. The maximum Gasteiger partial charge on any atom is 0.159 e. The Labute approximate surface area is 122 Å². The predicted molar refractivity (Wildman–Crippen MR) is 81.3 cm³/mol. The topological polar surface area (TPSA) is 23.4 Å². The summed E-state index contributed by atoms with van der Waals surface area (Å²) in [6.07, 6.45) is 2.87. The zero-order chi connectivity index (χ0) is 13.7. The summed E-state index contributed by atoms with van der Waals surface area (Å²) in [5.41, 5.74) is 1.25. The summed E-state index contributed by atoms with van der Waals surface area (Å²) in [4.78, 5) is 0. The van der Waals surface area contributed by atoms with Crippen molar-refractivity contribution in [1.29, 1.82) is 0 Å². The van der Waals surface area contributed by atoms with Crippen LogP contribution in [-0.4, -0.2) is 24.1 Å². The molecule has 2 aromatic rings. The fraction of sp³-hybridized carbons (Fsp3) is 0.467. The Hall–Kier alpha value is -0.840. The van der Waals surface area contributed by atoms with E-state index in [1.165, 1.54) is 10.9 Å². The third-order valence-electron chi connectivity index (χ3n) is 3.04. The highest BCUT2D eigenvalue weighted by molar-refractivity contribution is 9.10. The average Bonchev–Trinajstić information content (AvgIpc) is 2.78. The Bertz CT molecular complexity index is 518. The van der Waals surface area contributed by atoms with E-state index in [-0.39, 0.29) is 6.29 Å². The average molecular weight is 326 g/mol. The van der Waals surface area contributed by atoms with Gasteiger partial charge in [-0.05, 0) is 38.1 Å². The van der Waals surface area contributed by atoms with Gasteiger partial charge in [0, 0.05) is 47.8 Å². The van der Waals surface area contributed by atoms with E-state index >= 15 is 0 Å². The molecular formula is C15H20BrNO2. The Balaban J connectivity index is 2.04. The number of nitrogens with zero attached hydrogens (tertiary/aromatic N) is 1. The fourth-order valence-electron chi connectivity index (χ4n) is 2.20. The number of hydrogen-bond donors (Lipinski definition) is 0. The molecule has 0 fully saturated rings. The maximum absolute atomic E-state index is 5.57. The first-order valence-corrected chi connectivity index (χ1v) is 7.51. The quantitative estimate of drug-likeness (QED) is 0.712. The van der Waals surface area contributed by atoms with Crippen LogP contribution in [0.5, 0.6) is 0 Å². The van der Waals surface area contributed by atoms with Crippen molar-refractivity contribution in [1.82, 2.24) is 4.57 Å². The van der Waals surface area contributed by atoms with Gasteiger partial charge in [0.2, 0.25) is 0 Å². The molecule has 0 saturated carbocycles. The summed E-state index contributed by atoms with van der Waals surface area (Å²) in [5, 5.41) is 1.25. The zero-order valence-electron chi connectivity index (χ0n) is 11.4. The Morgan fingerprint density at radius 2 is 1.89 bits per heavy atom. The minimum Gasteiger partial charge on any atom is -0.353 e. The summed E-state index contributed by atoms with van der Waals surface area (Å²) in [6, 6.07) is 8.47. The highest BCUT2D eigenvalue weighted by atomic mass is 79.9. The number of aryl methyl sites for hydroxylation is 1. The van der Waals surface area contributed by atoms with Crippen molar-refractivity contribution in [3.63, 3.8) is 0 Å². The van der Waals surface area contributed by atoms with E-state index in [1.54, 1.807) is 0 Å². The van der Waals surface area contributed by atoms with E-state index in [4.69, 9.17) is 9.47 Å². The molecular weight excluding hydrogens is 306 g/mol. The van der Waals surface area contributed by atoms with Gasteiger partial charge in [-0.2, -0.15) is 0 Å². The first-order valence-electron chi connectivity index (χ1n) is 6.72. The lowest BCUT2D eigenvalue weighted by atomic mass is 10.2. The molecule has 0 radical (unpaired) electrons. The highest BCUT2D eigenvalue weighted by Gasteiger charge is 2.09. The van der Waals surface area contributed by atoms with Crippen molar-refractivity contribution < 1.29 is 9.47 Å². The Kier molecular flexibility index (Phi) is 5.43. The van der Waals surface area contributed by atoms with Gasteiger partial charge in [0.1, 0.15) is 0 Å². The van der Waals surface area contributed by atoms with Gasteiger partial charge >= 0.3 is 0 Å². The maximum atomic E-state index is 5.57. The van der Waals surface area contributed by atoms with Crippen LogP contribution >= 0.6 is 15.9 Å². The van der Waals surface area contributed by atoms with Crippen molar-refractivity contribution in [2.24, 2.45) is 0 Å². The molecule has 0 aliphatic rings. The number of hydrogen-bond acceptors (Lipinski definition) is 2. The van der Waals surface area contributed by atoms with Crippen molar-refractivity contribution in [3.8, 4) is 0 Å². The van der Waals surface area contributed by atoms with E-state index < -0.39 is 0 Å². The number of fused-ring (bicyclic) bond motifs is 1. The first-order chi connectivity index (χ1) is 9.24. The van der Waals surface area contributed by atoms with Crippen LogP contribution < -0.4 is 0 Å². The lowest BCUT2D eigenvalue weighted by Crippen LogP contribution is -2.19. The predicted octanol–water partition coefficient (Wildman–Crippen LogP) is 4.19. The normalized spacial score (nSPS) is 11.6. The lowest BCUT2D eigenvalue weighted by Gasteiger charge is -2.17. The van der Waals surface area contributed by atoms with Crippen molar-refractivity contribution in [2.45, 2.75) is 33.1 Å². The summed E-state index contributed by atoms with van der Waals surface area (Å²) < 4.78 is 14.5. The van der Waals surface area contributed by atoms with Gasteiger partial charge in [-0.3, -0.25) is 0 Å². The molecule has 19 heavy (non-hydrogen) atoms. The molecule has 2 rings (SSSR count). The molecule has 104 valence electrons. The van der Waals surface area contributed by atoms with Crippen LogP contribution in [0.15, 0.2) is 34.9 Å². The summed E-state index contributed by atoms with van der Waals surface area (Å²) in [6.45, 7) is 6.26. The van der Waals surface area contributed by atoms with E-state index in [0.29, 0.717) is 13.2 Å². The Morgan fingerprint density at radius 3 is 2.58 bits per heavy atom. The number of ether oxygens (including phenoxy) is 2. The van der Waals surface area contributed by atoms with Gasteiger partial charge in [-0.25, -0.2) is 0 Å². The van der Waals surface area contributed by atoms with Gasteiger partial charge in [-0.1, -0.05) is 15.9 Å². The minimum atomic E-state index is -0.108. The number of halogens is 1. The van der Waals surface area contributed by atoms with E-state index in [2.05, 4.69) is 51.0 Å². The molecule has 0 saturated heterocycles. The van der Waals surface area contributed by atoms with Crippen molar-refractivity contribution in [2.75, 3.05) is 13.2 Å². The molecule has 0 aliphatic carbocycles. The van der Waals surface area contributed by atoms with Gasteiger partial charge in [0.05, 0.1) is 0 Å². The highest BCUT2D eigenvalue weighted by Crippen LogP contribution is 2.21. The van der Waals surface area contributed by atoms with E-state index in [9.17, 15) is 0 Å². The van der Waals surface area contributed by atoms with Crippen LogP contribution in [0.1, 0.15) is 20.3 Å². The molecule has 3 nitrogen and oxygen atoms in total. The molecule has 0 atom stereocenters. The van der Waals surface area contributed by atoms with Crippen LogP contribution in [-0.2, 0) is 16.0 Å². The SMILES string of the molecule is CCOC(CCn1ccc2cc(Br)ccc21)OCC. The van der Waals surface area contributed by atoms with Crippen LogP contribution in [0.3, 0.4) is 0 Å². The van der Waals surface area contributed by atoms with Gasteiger partial charge in [0.15, 0.2) is 6.29 Å². The van der Waals surface area contributed by atoms with Crippen LogP contribution in [0.4, 0.5) is 0 Å². The monoisotopic (exact) mass is 325 g/mol. The molecule has 1 heterocycles. The standard InChI is InChI=1S/C15H20BrNO2/c1-3-18-15(19-4-2)8-10-17-9-7-12-11-13(16)5-6-14(12)17/h5-7,9,11,15H,3-4,8,10H2,1-2H3. The van der Waals surface area contributed by atoms with E-state index in [1.807, 2.05) is 13.8 Å². The zero-order valence-corrected chi connectivity index (χ0v) is 13.0. The van der Waals surface area contributed by atoms with Crippen molar-refractivity contribution in [3.05, 3.63) is 34.9 Å². The van der Waals surface area contributed by atoms with Gasteiger partial charge < -0.3 is 14.0 Å². The summed E-state index contributed by atoms with van der Waals surface area (Å²) in [5.74, 6) is 0. The third-order valence-corrected chi connectivity index (χ3v) is 3.54. The molecule has 1 aromatic carbocycles. The first kappa shape index (κ1) is 14.6. The Morgan fingerprint density at radius 1 is 1.16 bits per heavy atom.